The summed E-state index contributed by atoms with van der Waals surface area (Å²) < 4.78 is 1.25. The number of benzene rings is 1. The van der Waals surface area contributed by atoms with E-state index in [1.54, 1.807) is 11.3 Å². The standard InChI is InChI=1S/C19H22N2OS/c22-19(14-7-2-1-3-8-14)21-12-6-9-15(13-21)18-20-16-10-4-5-11-17(16)23-18/h1-2,4-5,10-11,14-15H,3,6-9,12-13H2/t14-,15-/m1/s1. The highest BCUT2D eigenvalue weighted by atomic mass is 32.1. The summed E-state index contributed by atoms with van der Waals surface area (Å²) in [6.07, 6.45) is 9.58. The number of rotatable bonds is 2. The van der Waals surface area contributed by atoms with Crippen LogP contribution >= 0.6 is 11.3 Å². The van der Waals surface area contributed by atoms with Crippen molar-refractivity contribution in [1.82, 2.24) is 9.88 Å². The maximum atomic E-state index is 12.8. The molecule has 4 rings (SSSR count). The predicted molar refractivity (Wildman–Crippen MR) is 94.7 cm³/mol. The van der Waals surface area contributed by atoms with E-state index in [0.717, 1.165) is 50.7 Å². The highest BCUT2D eigenvalue weighted by Crippen LogP contribution is 2.34. The van der Waals surface area contributed by atoms with E-state index >= 15 is 0 Å². The average Bonchev–Trinajstić information content (AvgIpc) is 3.06. The molecule has 2 heterocycles. The molecule has 2 aromatic rings. The van der Waals surface area contributed by atoms with E-state index in [1.165, 1.54) is 9.71 Å². The lowest BCUT2D eigenvalue weighted by Gasteiger charge is -2.34. The Balaban J connectivity index is 1.50. The number of amides is 1. The fraction of sp³-hybridized carbons (Fsp3) is 0.474. The number of carbonyl (C=O) groups is 1. The Labute approximate surface area is 141 Å². The molecule has 1 aromatic carbocycles. The van der Waals surface area contributed by atoms with Gasteiger partial charge in [0.2, 0.25) is 5.91 Å². The van der Waals surface area contributed by atoms with Crippen LogP contribution in [0.5, 0.6) is 0 Å². The van der Waals surface area contributed by atoms with Crippen molar-refractivity contribution in [2.45, 2.75) is 38.0 Å². The minimum atomic E-state index is 0.203. The minimum absolute atomic E-state index is 0.203. The van der Waals surface area contributed by atoms with Crippen LogP contribution in [0.25, 0.3) is 10.2 Å². The van der Waals surface area contributed by atoms with Crippen LogP contribution in [-0.2, 0) is 4.79 Å². The zero-order valence-electron chi connectivity index (χ0n) is 13.3. The first kappa shape index (κ1) is 14.9. The molecule has 4 heteroatoms. The molecule has 0 spiro atoms. The maximum absolute atomic E-state index is 12.8. The highest BCUT2D eigenvalue weighted by molar-refractivity contribution is 7.18. The molecule has 2 aliphatic rings. The van der Waals surface area contributed by atoms with Crippen LogP contribution < -0.4 is 0 Å². The molecule has 0 unspecified atom stereocenters. The van der Waals surface area contributed by atoms with Gasteiger partial charge in [0.05, 0.1) is 15.2 Å². The van der Waals surface area contributed by atoms with Crippen LogP contribution in [-0.4, -0.2) is 28.9 Å². The van der Waals surface area contributed by atoms with Crippen molar-refractivity contribution in [3.05, 3.63) is 41.4 Å². The van der Waals surface area contributed by atoms with Crippen molar-refractivity contribution in [3.63, 3.8) is 0 Å². The van der Waals surface area contributed by atoms with Crippen molar-refractivity contribution in [2.24, 2.45) is 5.92 Å². The second-order valence-electron chi connectivity index (χ2n) is 6.62. The molecule has 2 atom stereocenters. The lowest BCUT2D eigenvalue weighted by atomic mass is 9.91. The van der Waals surface area contributed by atoms with Crippen LogP contribution in [0.3, 0.4) is 0 Å². The fourth-order valence-corrected chi connectivity index (χ4v) is 4.81. The van der Waals surface area contributed by atoms with Gasteiger partial charge in [0.1, 0.15) is 0 Å². The van der Waals surface area contributed by atoms with Crippen LogP contribution in [0.15, 0.2) is 36.4 Å². The molecule has 1 fully saturated rings. The third-order valence-corrected chi connectivity index (χ3v) is 6.21. The van der Waals surface area contributed by atoms with Crippen LogP contribution in [0.2, 0.25) is 0 Å². The van der Waals surface area contributed by atoms with E-state index in [-0.39, 0.29) is 5.92 Å². The fourth-order valence-electron chi connectivity index (χ4n) is 3.72. The molecule has 1 saturated heterocycles. The van der Waals surface area contributed by atoms with E-state index in [1.807, 2.05) is 6.07 Å². The number of aromatic nitrogens is 1. The molecule has 23 heavy (non-hydrogen) atoms. The van der Waals surface area contributed by atoms with Crippen molar-refractivity contribution in [1.29, 1.82) is 0 Å². The zero-order chi connectivity index (χ0) is 15.6. The lowest BCUT2D eigenvalue weighted by molar-refractivity contribution is -0.137. The Morgan fingerprint density at radius 2 is 2.13 bits per heavy atom. The molecule has 1 amide bonds. The first-order chi connectivity index (χ1) is 11.3. The van der Waals surface area contributed by atoms with E-state index in [9.17, 15) is 4.79 Å². The van der Waals surface area contributed by atoms with Gasteiger partial charge in [-0.1, -0.05) is 24.3 Å². The highest BCUT2D eigenvalue weighted by Gasteiger charge is 2.30. The molecular weight excluding hydrogens is 304 g/mol. The number of allylic oxidation sites excluding steroid dienone is 2. The van der Waals surface area contributed by atoms with Gasteiger partial charge in [0, 0.05) is 24.9 Å². The van der Waals surface area contributed by atoms with Crippen LogP contribution in [0.1, 0.15) is 43.0 Å². The normalized spacial score (nSPS) is 25.0. The van der Waals surface area contributed by atoms with Crippen molar-refractivity contribution in [2.75, 3.05) is 13.1 Å². The predicted octanol–water partition coefficient (Wildman–Crippen LogP) is 4.36. The second kappa shape index (κ2) is 6.44. The number of hydrogen-bond donors (Lipinski definition) is 0. The van der Waals surface area contributed by atoms with Gasteiger partial charge >= 0.3 is 0 Å². The third-order valence-electron chi connectivity index (χ3n) is 5.01. The second-order valence-corrected chi connectivity index (χ2v) is 7.69. The van der Waals surface area contributed by atoms with Crippen molar-refractivity contribution >= 4 is 27.5 Å². The summed E-state index contributed by atoms with van der Waals surface area (Å²) in [6, 6.07) is 8.32. The van der Waals surface area contributed by atoms with Crippen molar-refractivity contribution < 1.29 is 4.79 Å². The monoisotopic (exact) mass is 326 g/mol. The summed E-state index contributed by atoms with van der Waals surface area (Å²) in [5, 5.41) is 1.20. The Kier molecular flexibility index (Phi) is 4.17. The number of hydrogen-bond acceptors (Lipinski definition) is 3. The zero-order valence-corrected chi connectivity index (χ0v) is 14.1. The van der Waals surface area contributed by atoms with E-state index in [0.29, 0.717) is 11.8 Å². The van der Waals surface area contributed by atoms with Gasteiger partial charge in [-0.05, 0) is 44.2 Å². The lowest BCUT2D eigenvalue weighted by Crippen LogP contribution is -2.42. The largest absolute Gasteiger partial charge is 0.342 e. The number of piperidine rings is 1. The summed E-state index contributed by atoms with van der Waals surface area (Å²) in [7, 11) is 0. The van der Waals surface area contributed by atoms with Crippen LogP contribution in [0, 0.1) is 5.92 Å². The molecule has 0 bridgehead atoms. The summed E-state index contributed by atoms with van der Waals surface area (Å²) in [5.74, 6) is 0.971. The Bertz CT molecular complexity index is 703. The molecule has 3 nitrogen and oxygen atoms in total. The van der Waals surface area contributed by atoms with E-state index in [4.69, 9.17) is 4.98 Å². The van der Waals surface area contributed by atoms with E-state index < -0.39 is 0 Å². The van der Waals surface area contributed by atoms with Gasteiger partial charge in [-0.15, -0.1) is 11.3 Å². The summed E-state index contributed by atoms with van der Waals surface area (Å²) in [5.41, 5.74) is 1.09. The molecular formula is C19H22N2OS. The molecule has 1 aliphatic heterocycles. The number of para-hydroxylation sites is 1. The Hall–Kier alpha value is -1.68. The van der Waals surface area contributed by atoms with E-state index in [2.05, 4.69) is 35.3 Å². The van der Waals surface area contributed by atoms with Gasteiger partial charge in [0.15, 0.2) is 0 Å². The third kappa shape index (κ3) is 3.05. The average molecular weight is 326 g/mol. The Morgan fingerprint density at radius 3 is 2.96 bits per heavy atom. The first-order valence-corrected chi connectivity index (χ1v) is 9.42. The summed E-state index contributed by atoms with van der Waals surface area (Å²) in [6.45, 7) is 1.76. The minimum Gasteiger partial charge on any atom is -0.342 e. The van der Waals surface area contributed by atoms with Gasteiger partial charge in [0.25, 0.3) is 0 Å². The summed E-state index contributed by atoms with van der Waals surface area (Å²) >= 11 is 1.79. The molecule has 0 saturated carbocycles. The molecule has 0 radical (unpaired) electrons. The van der Waals surface area contributed by atoms with Gasteiger partial charge < -0.3 is 4.90 Å². The number of likely N-dealkylation sites (tertiary alicyclic amines) is 1. The SMILES string of the molecule is O=C([C@@H]1CC=CCC1)N1CCC[C@@H](c2nc3ccccc3s2)C1. The number of fused-ring (bicyclic) bond motifs is 1. The topological polar surface area (TPSA) is 33.2 Å². The summed E-state index contributed by atoms with van der Waals surface area (Å²) in [4.78, 5) is 19.7. The maximum Gasteiger partial charge on any atom is 0.226 e. The van der Waals surface area contributed by atoms with Gasteiger partial charge in [-0.3, -0.25) is 4.79 Å². The number of thiazole rings is 1. The van der Waals surface area contributed by atoms with Gasteiger partial charge in [-0.2, -0.15) is 0 Å². The van der Waals surface area contributed by atoms with Crippen LogP contribution in [0.4, 0.5) is 0 Å². The number of nitrogens with zero attached hydrogens (tertiary/aromatic N) is 2. The Morgan fingerprint density at radius 1 is 1.22 bits per heavy atom. The first-order valence-electron chi connectivity index (χ1n) is 8.60. The number of carbonyl (C=O) groups excluding carboxylic acids is 1. The molecule has 0 N–H and O–H groups in total. The van der Waals surface area contributed by atoms with Crippen molar-refractivity contribution in [3.8, 4) is 0 Å². The quantitative estimate of drug-likeness (QED) is 0.768. The molecule has 1 aromatic heterocycles. The smallest absolute Gasteiger partial charge is 0.226 e. The molecule has 1 aliphatic carbocycles. The molecule has 120 valence electrons. The van der Waals surface area contributed by atoms with Gasteiger partial charge in [-0.25, -0.2) is 4.98 Å².